The van der Waals surface area contributed by atoms with E-state index in [2.05, 4.69) is 0 Å². The van der Waals surface area contributed by atoms with E-state index in [0.29, 0.717) is 0 Å². The second-order valence-corrected chi connectivity index (χ2v) is 4.17. The lowest BCUT2D eigenvalue weighted by atomic mass is 9.94. The molecule has 16 heavy (non-hydrogen) atoms. The Kier molecular flexibility index (Phi) is 4.99. The van der Waals surface area contributed by atoms with Crippen molar-refractivity contribution in [3.05, 3.63) is 35.9 Å². The summed E-state index contributed by atoms with van der Waals surface area (Å²) in [5, 5.41) is 18.1. The summed E-state index contributed by atoms with van der Waals surface area (Å²) in [5.41, 5.74) is 1.22. The van der Waals surface area contributed by atoms with Crippen LogP contribution in [0.4, 0.5) is 0 Å². The molecule has 0 aromatic heterocycles. The molecule has 3 nitrogen and oxygen atoms in total. The van der Waals surface area contributed by atoms with Crippen LogP contribution in [0.1, 0.15) is 25.3 Å². The molecule has 0 amide bonds. The molecule has 88 valence electrons. The Balaban J connectivity index is 2.35. The summed E-state index contributed by atoms with van der Waals surface area (Å²) in [6.45, 7) is 1.89. The maximum Gasteiger partial charge on any atom is 0.305 e. The summed E-state index contributed by atoms with van der Waals surface area (Å²) in [6.07, 6.45) is 0.758. The van der Waals surface area contributed by atoms with E-state index in [4.69, 9.17) is 5.11 Å². The van der Waals surface area contributed by atoms with Gasteiger partial charge in [-0.25, -0.2) is 0 Å². The van der Waals surface area contributed by atoms with Gasteiger partial charge in [0.15, 0.2) is 0 Å². The van der Waals surface area contributed by atoms with Crippen LogP contribution in [0.2, 0.25) is 0 Å². The van der Waals surface area contributed by atoms with Crippen LogP contribution in [0, 0.1) is 5.92 Å². The van der Waals surface area contributed by atoms with Crippen LogP contribution in [0.15, 0.2) is 30.3 Å². The second-order valence-electron chi connectivity index (χ2n) is 4.17. The summed E-state index contributed by atoms with van der Waals surface area (Å²) >= 11 is 0. The minimum Gasteiger partial charge on any atom is -0.481 e. The smallest absolute Gasteiger partial charge is 0.305 e. The van der Waals surface area contributed by atoms with Crippen molar-refractivity contribution >= 4 is 5.97 Å². The van der Waals surface area contributed by atoms with E-state index in [1.54, 1.807) is 0 Å². The summed E-state index contributed by atoms with van der Waals surface area (Å²) in [7, 11) is 0. The Labute approximate surface area is 95.7 Å². The molecule has 0 aliphatic carbocycles. The minimum atomic E-state index is -0.945. The van der Waals surface area contributed by atoms with Crippen molar-refractivity contribution in [1.29, 1.82) is 0 Å². The van der Waals surface area contributed by atoms with Crippen LogP contribution in [-0.2, 0) is 11.2 Å². The van der Waals surface area contributed by atoms with E-state index >= 15 is 0 Å². The molecule has 0 bridgehead atoms. The van der Waals surface area contributed by atoms with Gasteiger partial charge in [-0.1, -0.05) is 37.3 Å². The molecule has 3 heteroatoms. The Bertz CT molecular complexity index is 321. The van der Waals surface area contributed by atoms with Gasteiger partial charge in [0.25, 0.3) is 0 Å². The van der Waals surface area contributed by atoms with Crippen molar-refractivity contribution in [1.82, 2.24) is 0 Å². The molecule has 0 aliphatic heterocycles. The first-order valence-corrected chi connectivity index (χ1v) is 5.53. The van der Waals surface area contributed by atoms with Gasteiger partial charge < -0.3 is 10.2 Å². The number of carbonyl (C=O) groups is 1. The standard InChI is InChI=1S/C13H18O3/c1-10(12(14)9-13(15)16)7-8-11-5-3-2-4-6-11/h2-6,10,12,14H,7-9H2,1H3,(H,15,16). The molecule has 0 spiro atoms. The molecule has 1 rings (SSSR count). The number of aliphatic hydroxyl groups is 1. The highest BCUT2D eigenvalue weighted by Gasteiger charge is 2.17. The fraction of sp³-hybridized carbons (Fsp3) is 0.462. The van der Waals surface area contributed by atoms with Crippen molar-refractivity contribution in [2.24, 2.45) is 5.92 Å². The van der Waals surface area contributed by atoms with E-state index < -0.39 is 12.1 Å². The first-order valence-electron chi connectivity index (χ1n) is 5.53. The largest absolute Gasteiger partial charge is 0.481 e. The van der Waals surface area contributed by atoms with Crippen molar-refractivity contribution in [3.8, 4) is 0 Å². The SMILES string of the molecule is CC(CCc1ccccc1)C(O)CC(=O)O. The number of aliphatic carboxylic acids is 1. The van der Waals surface area contributed by atoms with Gasteiger partial charge in [0.1, 0.15) is 0 Å². The maximum atomic E-state index is 10.4. The molecule has 0 aliphatic rings. The van der Waals surface area contributed by atoms with Gasteiger partial charge in [0, 0.05) is 0 Å². The Morgan fingerprint density at radius 2 is 1.94 bits per heavy atom. The predicted octanol–water partition coefficient (Wildman–Crippen LogP) is 2.09. The third-order valence-electron chi connectivity index (χ3n) is 2.77. The lowest BCUT2D eigenvalue weighted by Crippen LogP contribution is -2.21. The number of aryl methyl sites for hydroxylation is 1. The van der Waals surface area contributed by atoms with E-state index in [0.717, 1.165) is 12.8 Å². The van der Waals surface area contributed by atoms with Crippen molar-refractivity contribution < 1.29 is 15.0 Å². The highest BCUT2D eigenvalue weighted by atomic mass is 16.4. The molecule has 0 radical (unpaired) electrons. The van der Waals surface area contributed by atoms with Crippen LogP contribution >= 0.6 is 0 Å². The Morgan fingerprint density at radius 3 is 2.50 bits per heavy atom. The molecule has 1 aromatic carbocycles. The Morgan fingerprint density at radius 1 is 1.31 bits per heavy atom. The number of hydrogen-bond acceptors (Lipinski definition) is 2. The average molecular weight is 222 g/mol. The van der Waals surface area contributed by atoms with E-state index in [1.807, 2.05) is 37.3 Å². The van der Waals surface area contributed by atoms with Crippen molar-refractivity contribution in [2.45, 2.75) is 32.3 Å². The van der Waals surface area contributed by atoms with E-state index in [1.165, 1.54) is 5.56 Å². The van der Waals surface area contributed by atoms with Crippen LogP contribution in [0.5, 0.6) is 0 Å². The third-order valence-corrected chi connectivity index (χ3v) is 2.77. The van der Waals surface area contributed by atoms with Crippen LogP contribution in [-0.4, -0.2) is 22.3 Å². The number of hydrogen-bond donors (Lipinski definition) is 2. The molecule has 0 saturated heterocycles. The molecule has 0 heterocycles. The highest BCUT2D eigenvalue weighted by molar-refractivity contribution is 5.67. The third kappa shape index (κ3) is 4.45. The van der Waals surface area contributed by atoms with Gasteiger partial charge in [0.2, 0.25) is 0 Å². The number of carboxylic acid groups (broad SMARTS) is 1. The lowest BCUT2D eigenvalue weighted by molar-refractivity contribution is -0.139. The normalized spacial score (nSPS) is 14.4. The number of benzene rings is 1. The highest BCUT2D eigenvalue weighted by Crippen LogP contribution is 2.15. The van der Waals surface area contributed by atoms with Gasteiger partial charge in [-0.3, -0.25) is 4.79 Å². The van der Waals surface area contributed by atoms with Crippen LogP contribution in [0.3, 0.4) is 0 Å². The fourth-order valence-electron chi connectivity index (χ4n) is 1.61. The van der Waals surface area contributed by atoms with Gasteiger partial charge in [0.05, 0.1) is 12.5 Å². The predicted molar refractivity (Wildman–Crippen MR) is 62.2 cm³/mol. The number of aliphatic hydroxyl groups excluding tert-OH is 1. The van der Waals surface area contributed by atoms with Gasteiger partial charge in [-0.15, -0.1) is 0 Å². The van der Waals surface area contributed by atoms with Gasteiger partial charge in [-0.05, 0) is 24.3 Å². The number of rotatable bonds is 6. The van der Waals surface area contributed by atoms with Crippen molar-refractivity contribution in [3.63, 3.8) is 0 Å². The van der Waals surface area contributed by atoms with Crippen molar-refractivity contribution in [2.75, 3.05) is 0 Å². The number of carboxylic acids is 1. The summed E-state index contributed by atoms with van der Waals surface area (Å²) in [5.74, 6) is -0.935. The molecule has 2 N–H and O–H groups in total. The topological polar surface area (TPSA) is 57.5 Å². The Hall–Kier alpha value is -1.35. The van der Waals surface area contributed by atoms with E-state index in [-0.39, 0.29) is 12.3 Å². The molecular weight excluding hydrogens is 204 g/mol. The minimum absolute atomic E-state index is 0.0105. The van der Waals surface area contributed by atoms with Gasteiger partial charge in [-0.2, -0.15) is 0 Å². The summed E-state index contributed by atoms with van der Waals surface area (Å²) in [4.78, 5) is 10.4. The molecular formula is C13H18O3. The molecule has 2 unspecified atom stereocenters. The average Bonchev–Trinajstić information content (AvgIpc) is 2.26. The first-order chi connectivity index (χ1) is 7.59. The fourth-order valence-corrected chi connectivity index (χ4v) is 1.61. The zero-order chi connectivity index (χ0) is 12.0. The summed E-state index contributed by atoms with van der Waals surface area (Å²) < 4.78 is 0. The van der Waals surface area contributed by atoms with E-state index in [9.17, 15) is 9.90 Å². The maximum absolute atomic E-state index is 10.4. The zero-order valence-electron chi connectivity index (χ0n) is 9.47. The van der Waals surface area contributed by atoms with Gasteiger partial charge >= 0.3 is 5.97 Å². The monoisotopic (exact) mass is 222 g/mol. The molecule has 0 saturated carbocycles. The molecule has 2 atom stereocenters. The zero-order valence-corrected chi connectivity index (χ0v) is 9.47. The second kappa shape index (κ2) is 6.28. The van der Waals surface area contributed by atoms with Crippen LogP contribution < -0.4 is 0 Å². The molecule has 1 aromatic rings. The van der Waals surface area contributed by atoms with Crippen LogP contribution in [0.25, 0.3) is 0 Å². The lowest BCUT2D eigenvalue weighted by Gasteiger charge is -2.16. The summed E-state index contributed by atoms with van der Waals surface area (Å²) in [6, 6.07) is 10.0. The molecule has 0 fully saturated rings. The quantitative estimate of drug-likeness (QED) is 0.774. The first kappa shape index (κ1) is 12.7.